The summed E-state index contributed by atoms with van der Waals surface area (Å²) in [5.74, 6) is 0. The molecule has 0 atom stereocenters. The standard InChI is InChI=1S/C8H15N3/c1-8(2,9)4-3-7-5-10-11-6-7/h5-6H,3-4,9H2,1-2H3,(H,10,11). The zero-order chi connectivity index (χ0) is 8.32. The molecule has 0 aliphatic heterocycles. The largest absolute Gasteiger partial charge is 0.326 e. The van der Waals surface area contributed by atoms with Crippen molar-refractivity contribution in [1.82, 2.24) is 10.2 Å². The van der Waals surface area contributed by atoms with Crippen LogP contribution < -0.4 is 5.73 Å². The molecule has 3 N–H and O–H groups in total. The third-order valence-electron chi connectivity index (χ3n) is 1.61. The van der Waals surface area contributed by atoms with E-state index in [0.29, 0.717) is 0 Å². The first-order valence-electron chi connectivity index (χ1n) is 3.84. The van der Waals surface area contributed by atoms with Crippen molar-refractivity contribution in [1.29, 1.82) is 0 Å². The van der Waals surface area contributed by atoms with E-state index in [1.165, 1.54) is 5.56 Å². The Morgan fingerprint density at radius 3 is 2.82 bits per heavy atom. The van der Waals surface area contributed by atoms with Crippen LogP contribution in [0.25, 0.3) is 0 Å². The molecule has 0 saturated carbocycles. The van der Waals surface area contributed by atoms with Crippen molar-refractivity contribution in [2.75, 3.05) is 0 Å². The van der Waals surface area contributed by atoms with E-state index >= 15 is 0 Å². The average Bonchev–Trinajstić information content (AvgIpc) is 2.32. The SMILES string of the molecule is CC(C)(N)CCc1cn[nH]c1. The van der Waals surface area contributed by atoms with Crippen molar-refractivity contribution in [2.24, 2.45) is 5.73 Å². The molecule has 0 spiro atoms. The van der Waals surface area contributed by atoms with Crippen LogP contribution in [0.4, 0.5) is 0 Å². The van der Waals surface area contributed by atoms with Gasteiger partial charge in [-0.25, -0.2) is 0 Å². The number of nitrogens with one attached hydrogen (secondary N) is 1. The highest BCUT2D eigenvalue weighted by atomic mass is 15.1. The van der Waals surface area contributed by atoms with Gasteiger partial charge in [0, 0.05) is 11.7 Å². The maximum Gasteiger partial charge on any atom is 0.0519 e. The molecule has 0 aliphatic carbocycles. The van der Waals surface area contributed by atoms with E-state index in [2.05, 4.69) is 10.2 Å². The zero-order valence-electron chi connectivity index (χ0n) is 7.09. The Kier molecular flexibility index (Phi) is 2.29. The van der Waals surface area contributed by atoms with E-state index in [-0.39, 0.29) is 5.54 Å². The van der Waals surface area contributed by atoms with E-state index in [9.17, 15) is 0 Å². The molecule has 1 rings (SSSR count). The number of hydrogen-bond acceptors (Lipinski definition) is 2. The van der Waals surface area contributed by atoms with Crippen LogP contribution in [0, 0.1) is 0 Å². The number of aromatic nitrogens is 2. The Labute approximate surface area is 67.0 Å². The Hall–Kier alpha value is -0.830. The molecule has 0 fully saturated rings. The molecular weight excluding hydrogens is 138 g/mol. The molecule has 0 saturated heterocycles. The Bertz CT molecular complexity index is 196. The number of H-pyrrole nitrogens is 1. The van der Waals surface area contributed by atoms with Crippen LogP contribution in [-0.2, 0) is 6.42 Å². The molecule has 3 heteroatoms. The summed E-state index contributed by atoms with van der Waals surface area (Å²) in [7, 11) is 0. The lowest BCUT2D eigenvalue weighted by Gasteiger charge is -2.16. The van der Waals surface area contributed by atoms with Gasteiger partial charge in [-0.05, 0) is 32.3 Å². The second kappa shape index (κ2) is 3.05. The van der Waals surface area contributed by atoms with Crippen LogP contribution in [0.1, 0.15) is 25.8 Å². The summed E-state index contributed by atoms with van der Waals surface area (Å²) in [5, 5.41) is 6.63. The van der Waals surface area contributed by atoms with E-state index < -0.39 is 0 Å². The van der Waals surface area contributed by atoms with Crippen LogP contribution in [-0.4, -0.2) is 15.7 Å². The lowest BCUT2D eigenvalue weighted by atomic mass is 9.98. The average molecular weight is 153 g/mol. The monoisotopic (exact) mass is 153 g/mol. The summed E-state index contributed by atoms with van der Waals surface area (Å²) in [6.07, 6.45) is 5.74. The Balaban J connectivity index is 2.35. The maximum absolute atomic E-state index is 5.82. The molecule has 0 unspecified atom stereocenters. The van der Waals surface area contributed by atoms with Gasteiger partial charge in [-0.3, -0.25) is 5.10 Å². The first kappa shape index (κ1) is 8.27. The molecule has 1 aromatic rings. The van der Waals surface area contributed by atoms with Gasteiger partial charge < -0.3 is 5.73 Å². The van der Waals surface area contributed by atoms with Gasteiger partial charge in [0.15, 0.2) is 0 Å². The van der Waals surface area contributed by atoms with Gasteiger partial charge in [0.2, 0.25) is 0 Å². The first-order valence-corrected chi connectivity index (χ1v) is 3.84. The zero-order valence-corrected chi connectivity index (χ0v) is 7.09. The van der Waals surface area contributed by atoms with E-state index in [1.54, 1.807) is 0 Å². The minimum atomic E-state index is -0.0722. The van der Waals surface area contributed by atoms with Crippen LogP contribution in [0.3, 0.4) is 0 Å². The molecule has 0 radical (unpaired) electrons. The molecule has 0 aliphatic rings. The Morgan fingerprint density at radius 1 is 1.64 bits per heavy atom. The van der Waals surface area contributed by atoms with Crippen LogP contribution in [0.5, 0.6) is 0 Å². The van der Waals surface area contributed by atoms with Gasteiger partial charge in [0.05, 0.1) is 6.20 Å². The molecule has 3 nitrogen and oxygen atoms in total. The van der Waals surface area contributed by atoms with Crippen molar-refractivity contribution < 1.29 is 0 Å². The summed E-state index contributed by atoms with van der Waals surface area (Å²) in [5.41, 5.74) is 6.97. The second-order valence-corrected chi connectivity index (χ2v) is 3.60. The minimum absolute atomic E-state index is 0.0722. The van der Waals surface area contributed by atoms with Gasteiger partial charge in [-0.15, -0.1) is 0 Å². The number of aryl methyl sites for hydroxylation is 1. The van der Waals surface area contributed by atoms with Gasteiger partial charge in [-0.1, -0.05) is 0 Å². The summed E-state index contributed by atoms with van der Waals surface area (Å²) >= 11 is 0. The third-order valence-corrected chi connectivity index (χ3v) is 1.61. The lowest BCUT2D eigenvalue weighted by Crippen LogP contribution is -2.32. The van der Waals surface area contributed by atoms with Crippen molar-refractivity contribution in [3.8, 4) is 0 Å². The highest BCUT2D eigenvalue weighted by Gasteiger charge is 2.10. The second-order valence-electron chi connectivity index (χ2n) is 3.60. The predicted molar refractivity (Wildman–Crippen MR) is 45.2 cm³/mol. The fraction of sp³-hybridized carbons (Fsp3) is 0.625. The fourth-order valence-corrected chi connectivity index (χ4v) is 0.881. The fourth-order valence-electron chi connectivity index (χ4n) is 0.881. The summed E-state index contributed by atoms with van der Waals surface area (Å²) in [4.78, 5) is 0. The van der Waals surface area contributed by atoms with Gasteiger partial charge in [-0.2, -0.15) is 5.10 Å². The summed E-state index contributed by atoms with van der Waals surface area (Å²) in [6.45, 7) is 4.07. The van der Waals surface area contributed by atoms with Crippen LogP contribution in [0.2, 0.25) is 0 Å². The highest BCUT2D eigenvalue weighted by molar-refractivity contribution is 5.03. The number of nitrogens with zero attached hydrogens (tertiary/aromatic N) is 1. The minimum Gasteiger partial charge on any atom is -0.326 e. The molecule has 0 amide bonds. The van der Waals surface area contributed by atoms with Crippen molar-refractivity contribution >= 4 is 0 Å². The molecular formula is C8H15N3. The quantitative estimate of drug-likeness (QED) is 0.682. The summed E-state index contributed by atoms with van der Waals surface area (Å²) in [6, 6.07) is 0. The third kappa shape index (κ3) is 3.18. The van der Waals surface area contributed by atoms with Crippen molar-refractivity contribution in [3.05, 3.63) is 18.0 Å². The number of hydrogen-bond donors (Lipinski definition) is 2. The highest BCUT2D eigenvalue weighted by Crippen LogP contribution is 2.08. The van der Waals surface area contributed by atoms with Crippen molar-refractivity contribution in [2.45, 2.75) is 32.2 Å². The van der Waals surface area contributed by atoms with Gasteiger partial charge >= 0.3 is 0 Å². The van der Waals surface area contributed by atoms with E-state index in [4.69, 9.17) is 5.73 Å². The number of aromatic amines is 1. The normalized spacial score (nSPS) is 11.9. The van der Waals surface area contributed by atoms with E-state index in [1.807, 2.05) is 26.2 Å². The molecule has 1 aromatic heterocycles. The number of nitrogens with two attached hydrogens (primary N) is 1. The Morgan fingerprint density at radius 2 is 2.36 bits per heavy atom. The van der Waals surface area contributed by atoms with Gasteiger partial charge in [0.25, 0.3) is 0 Å². The molecule has 62 valence electrons. The molecule has 0 bridgehead atoms. The predicted octanol–water partition coefficient (Wildman–Crippen LogP) is 1.08. The van der Waals surface area contributed by atoms with Crippen LogP contribution >= 0.6 is 0 Å². The maximum atomic E-state index is 5.82. The first-order chi connectivity index (χ1) is 5.08. The van der Waals surface area contributed by atoms with Crippen molar-refractivity contribution in [3.63, 3.8) is 0 Å². The van der Waals surface area contributed by atoms with Crippen LogP contribution in [0.15, 0.2) is 12.4 Å². The smallest absolute Gasteiger partial charge is 0.0519 e. The van der Waals surface area contributed by atoms with E-state index in [0.717, 1.165) is 12.8 Å². The molecule has 11 heavy (non-hydrogen) atoms. The molecule has 1 heterocycles. The topological polar surface area (TPSA) is 54.7 Å². The summed E-state index contributed by atoms with van der Waals surface area (Å²) < 4.78 is 0. The number of rotatable bonds is 3. The lowest BCUT2D eigenvalue weighted by molar-refractivity contribution is 0.477. The molecule has 0 aromatic carbocycles. The van der Waals surface area contributed by atoms with Gasteiger partial charge in [0.1, 0.15) is 0 Å².